The predicted octanol–water partition coefficient (Wildman–Crippen LogP) is 2.74. The Hall–Kier alpha value is -2.61. The second kappa shape index (κ2) is 10.1. The van der Waals surface area contributed by atoms with E-state index in [0.717, 1.165) is 29.5 Å². The van der Waals surface area contributed by atoms with Crippen LogP contribution in [0.1, 0.15) is 18.9 Å². The minimum absolute atomic E-state index is 0.163. The summed E-state index contributed by atoms with van der Waals surface area (Å²) in [5, 5.41) is 2.58. The zero-order valence-corrected chi connectivity index (χ0v) is 16.8. The summed E-state index contributed by atoms with van der Waals surface area (Å²) in [4.78, 5) is 12.1. The average Bonchev–Trinajstić information content (AvgIpc) is 2.65. The van der Waals surface area contributed by atoms with Crippen molar-refractivity contribution < 1.29 is 22.3 Å². The molecule has 0 aliphatic rings. The van der Waals surface area contributed by atoms with E-state index in [9.17, 15) is 17.6 Å². The molecule has 2 aromatic carbocycles. The van der Waals surface area contributed by atoms with Gasteiger partial charge in [0.1, 0.15) is 24.7 Å². The number of nitrogens with zero attached hydrogens (tertiary/aromatic N) is 1. The van der Waals surface area contributed by atoms with Crippen LogP contribution >= 0.6 is 0 Å². The molecule has 2 rings (SSSR count). The first-order valence-corrected chi connectivity index (χ1v) is 10.9. The first kappa shape index (κ1) is 21.7. The fraction of sp³-hybridized carbons (Fsp3) is 0.350. The van der Waals surface area contributed by atoms with Crippen LogP contribution in [0, 0.1) is 5.82 Å². The second-order valence-electron chi connectivity index (χ2n) is 6.31. The first-order chi connectivity index (χ1) is 13.3. The fourth-order valence-electron chi connectivity index (χ4n) is 2.62. The molecule has 0 unspecified atom stereocenters. The third kappa shape index (κ3) is 6.53. The van der Waals surface area contributed by atoms with Gasteiger partial charge in [-0.3, -0.25) is 9.10 Å². The maximum absolute atomic E-state index is 13.9. The molecule has 1 N–H and O–H groups in total. The van der Waals surface area contributed by atoms with Crippen LogP contribution in [0.5, 0.6) is 5.75 Å². The number of hydrogen-bond donors (Lipinski definition) is 1. The van der Waals surface area contributed by atoms with E-state index in [1.807, 2.05) is 24.3 Å². The lowest BCUT2D eigenvalue weighted by Gasteiger charge is -2.22. The van der Waals surface area contributed by atoms with Crippen molar-refractivity contribution in [3.05, 3.63) is 59.9 Å². The summed E-state index contributed by atoms with van der Waals surface area (Å²) in [5.41, 5.74) is 1.07. The summed E-state index contributed by atoms with van der Waals surface area (Å²) < 4.78 is 44.2. The average molecular weight is 408 g/mol. The van der Waals surface area contributed by atoms with E-state index in [1.165, 1.54) is 23.8 Å². The van der Waals surface area contributed by atoms with Crippen molar-refractivity contribution in [1.29, 1.82) is 0 Å². The molecule has 0 aliphatic carbocycles. The van der Waals surface area contributed by atoms with Crippen LogP contribution in [0.3, 0.4) is 0 Å². The monoisotopic (exact) mass is 408 g/mol. The highest BCUT2D eigenvalue weighted by atomic mass is 32.2. The van der Waals surface area contributed by atoms with E-state index >= 15 is 0 Å². The molecule has 0 atom stereocenters. The minimum Gasteiger partial charge on any atom is -0.492 e. The molecule has 0 heterocycles. The highest BCUT2D eigenvalue weighted by Crippen LogP contribution is 2.20. The molecule has 152 valence electrons. The van der Waals surface area contributed by atoms with Gasteiger partial charge in [0.15, 0.2) is 0 Å². The van der Waals surface area contributed by atoms with Crippen LogP contribution < -0.4 is 14.4 Å². The van der Waals surface area contributed by atoms with Crippen LogP contribution in [0.25, 0.3) is 0 Å². The number of anilines is 1. The van der Waals surface area contributed by atoms with E-state index in [4.69, 9.17) is 4.74 Å². The SMILES string of the molecule is CCCc1ccc(OCCNC(=O)CN(c2ccccc2F)S(C)(=O)=O)cc1. The first-order valence-electron chi connectivity index (χ1n) is 9.02. The van der Waals surface area contributed by atoms with E-state index in [-0.39, 0.29) is 18.8 Å². The van der Waals surface area contributed by atoms with Crippen molar-refractivity contribution >= 4 is 21.6 Å². The minimum atomic E-state index is -3.82. The topological polar surface area (TPSA) is 75.7 Å². The van der Waals surface area contributed by atoms with Crippen molar-refractivity contribution in [1.82, 2.24) is 5.32 Å². The van der Waals surface area contributed by atoms with E-state index < -0.39 is 28.3 Å². The Morgan fingerprint density at radius 2 is 1.82 bits per heavy atom. The molecular formula is C20H25FN2O4S. The number of sulfonamides is 1. The Labute approximate surface area is 165 Å². The Bertz CT molecular complexity index is 885. The van der Waals surface area contributed by atoms with Gasteiger partial charge in [-0.25, -0.2) is 12.8 Å². The van der Waals surface area contributed by atoms with Crippen LogP contribution in [-0.4, -0.2) is 40.3 Å². The third-order valence-corrected chi connectivity index (χ3v) is 5.09. The van der Waals surface area contributed by atoms with E-state index in [1.54, 1.807) is 0 Å². The number of aryl methyl sites for hydroxylation is 1. The molecule has 1 amide bonds. The molecule has 8 heteroatoms. The lowest BCUT2D eigenvalue weighted by molar-refractivity contribution is -0.119. The molecule has 6 nitrogen and oxygen atoms in total. The largest absolute Gasteiger partial charge is 0.492 e. The molecule has 0 saturated heterocycles. The summed E-state index contributed by atoms with van der Waals surface area (Å²) in [6, 6.07) is 13.2. The van der Waals surface area contributed by atoms with Gasteiger partial charge in [-0.05, 0) is 36.2 Å². The fourth-order valence-corrected chi connectivity index (χ4v) is 3.48. The highest BCUT2D eigenvalue weighted by Gasteiger charge is 2.23. The van der Waals surface area contributed by atoms with Gasteiger partial charge >= 0.3 is 0 Å². The van der Waals surface area contributed by atoms with Crippen LogP contribution in [0.4, 0.5) is 10.1 Å². The smallest absolute Gasteiger partial charge is 0.240 e. The summed E-state index contributed by atoms with van der Waals surface area (Å²) in [6.07, 6.45) is 3.01. The summed E-state index contributed by atoms with van der Waals surface area (Å²) in [7, 11) is -3.82. The summed E-state index contributed by atoms with van der Waals surface area (Å²) >= 11 is 0. The van der Waals surface area contributed by atoms with E-state index in [2.05, 4.69) is 12.2 Å². The highest BCUT2D eigenvalue weighted by molar-refractivity contribution is 7.92. The van der Waals surface area contributed by atoms with Gasteiger partial charge in [-0.15, -0.1) is 0 Å². The van der Waals surface area contributed by atoms with Crippen molar-refractivity contribution in [3.63, 3.8) is 0 Å². The van der Waals surface area contributed by atoms with Crippen LogP contribution in [-0.2, 0) is 21.2 Å². The van der Waals surface area contributed by atoms with Gasteiger partial charge in [0.05, 0.1) is 18.5 Å². The van der Waals surface area contributed by atoms with Gasteiger partial charge in [-0.1, -0.05) is 37.6 Å². The number of halogens is 1. The molecule has 0 aromatic heterocycles. The Kier molecular flexibility index (Phi) is 7.80. The third-order valence-electron chi connectivity index (χ3n) is 3.96. The zero-order chi connectivity index (χ0) is 20.6. The molecular weight excluding hydrogens is 383 g/mol. The van der Waals surface area contributed by atoms with Crippen molar-refractivity contribution in [2.75, 3.05) is 30.3 Å². The maximum atomic E-state index is 13.9. The lowest BCUT2D eigenvalue weighted by atomic mass is 10.1. The quantitative estimate of drug-likeness (QED) is 0.614. The normalized spacial score (nSPS) is 11.1. The Morgan fingerprint density at radius 1 is 1.14 bits per heavy atom. The number of para-hydroxylation sites is 1. The Balaban J connectivity index is 1.85. The Morgan fingerprint density at radius 3 is 2.43 bits per heavy atom. The number of amides is 1. The van der Waals surface area contributed by atoms with Gasteiger partial charge in [0, 0.05) is 0 Å². The number of hydrogen-bond acceptors (Lipinski definition) is 4. The van der Waals surface area contributed by atoms with Gasteiger partial charge in [-0.2, -0.15) is 0 Å². The predicted molar refractivity (Wildman–Crippen MR) is 108 cm³/mol. The molecule has 28 heavy (non-hydrogen) atoms. The number of rotatable bonds is 10. The second-order valence-corrected chi connectivity index (χ2v) is 8.22. The van der Waals surface area contributed by atoms with Gasteiger partial charge < -0.3 is 10.1 Å². The molecule has 0 fully saturated rings. The standard InChI is InChI=1S/C20H25FN2O4S/c1-3-6-16-9-11-17(12-10-16)27-14-13-22-20(24)15-23(28(2,25)26)19-8-5-4-7-18(19)21/h4-5,7-12H,3,6,13-15H2,1-2H3,(H,22,24). The summed E-state index contributed by atoms with van der Waals surface area (Å²) in [6.45, 7) is 2.04. The van der Waals surface area contributed by atoms with E-state index in [0.29, 0.717) is 5.75 Å². The number of carbonyl (C=O) groups excluding carboxylic acids is 1. The number of carbonyl (C=O) groups is 1. The molecule has 0 radical (unpaired) electrons. The van der Waals surface area contributed by atoms with Gasteiger partial charge in [0.2, 0.25) is 15.9 Å². The number of nitrogens with one attached hydrogen (secondary N) is 1. The molecule has 0 bridgehead atoms. The maximum Gasteiger partial charge on any atom is 0.240 e. The van der Waals surface area contributed by atoms with Crippen molar-refractivity contribution in [2.24, 2.45) is 0 Å². The van der Waals surface area contributed by atoms with Crippen molar-refractivity contribution in [3.8, 4) is 5.75 Å². The molecule has 0 saturated carbocycles. The lowest BCUT2D eigenvalue weighted by Crippen LogP contribution is -2.41. The zero-order valence-electron chi connectivity index (χ0n) is 16.0. The van der Waals surface area contributed by atoms with Crippen molar-refractivity contribution in [2.45, 2.75) is 19.8 Å². The van der Waals surface area contributed by atoms with Crippen LogP contribution in [0.15, 0.2) is 48.5 Å². The molecule has 0 aliphatic heterocycles. The number of benzene rings is 2. The summed E-state index contributed by atoms with van der Waals surface area (Å²) in [5.74, 6) is -0.565. The van der Waals surface area contributed by atoms with Gasteiger partial charge in [0.25, 0.3) is 0 Å². The number of ether oxygens (including phenoxy) is 1. The molecule has 2 aromatic rings. The van der Waals surface area contributed by atoms with Crippen LogP contribution in [0.2, 0.25) is 0 Å². The molecule has 0 spiro atoms.